The van der Waals surface area contributed by atoms with Crippen LogP contribution in [-0.2, 0) is 11.3 Å². The zero-order valence-corrected chi connectivity index (χ0v) is 18.3. The van der Waals surface area contributed by atoms with Gasteiger partial charge in [-0.1, -0.05) is 78.3 Å². The van der Waals surface area contributed by atoms with Crippen LogP contribution >= 0.6 is 11.6 Å². The fraction of sp³-hybridized carbons (Fsp3) is 0.0800. The zero-order valence-electron chi connectivity index (χ0n) is 17.6. The van der Waals surface area contributed by atoms with Gasteiger partial charge in [-0.25, -0.2) is 0 Å². The van der Waals surface area contributed by atoms with Gasteiger partial charge in [0.2, 0.25) is 0 Å². The third-order valence-electron chi connectivity index (χ3n) is 4.83. The first kappa shape index (κ1) is 22.1. The van der Waals surface area contributed by atoms with Crippen LogP contribution < -0.4 is 15.6 Å². The van der Waals surface area contributed by atoms with Crippen molar-refractivity contribution in [2.24, 2.45) is 0 Å². The molecule has 2 amide bonds. The van der Waals surface area contributed by atoms with E-state index in [-0.39, 0.29) is 6.61 Å². The number of hydrogen-bond donors (Lipinski definition) is 2. The van der Waals surface area contributed by atoms with Crippen molar-refractivity contribution < 1.29 is 14.3 Å². The number of hydrogen-bond acceptors (Lipinski definition) is 4. The number of rotatable bonds is 7. The van der Waals surface area contributed by atoms with E-state index in [1.807, 2.05) is 66.7 Å². The van der Waals surface area contributed by atoms with Gasteiger partial charge < -0.3 is 4.74 Å². The monoisotopic (exact) mass is 460 g/mol. The summed E-state index contributed by atoms with van der Waals surface area (Å²) in [6.45, 7) is 0.171. The van der Waals surface area contributed by atoms with Crippen molar-refractivity contribution >= 4 is 23.4 Å². The van der Waals surface area contributed by atoms with Gasteiger partial charge in [-0.3, -0.25) is 25.1 Å². The predicted octanol–water partition coefficient (Wildman–Crippen LogP) is 4.09. The molecule has 0 saturated heterocycles. The summed E-state index contributed by atoms with van der Waals surface area (Å²) in [5.74, 6) is -0.404. The van der Waals surface area contributed by atoms with Gasteiger partial charge in [0.25, 0.3) is 11.8 Å². The quantitative estimate of drug-likeness (QED) is 0.407. The second-order valence-corrected chi connectivity index (χ2v) is 7.58. The molecule has 0 spiro atoms. The Bertz CT molecular complexity index is 1260. The Kier molecular flexibility index (Phi) is 7.02. The number of nitrogens with zero attached hydrogens (tertiary/aromatic N) is 2. The Hall–Kier alpha value is -4.10. The minimum atomic E-state index is -0.491. The highest BCUT2D eigenvalue weighted by Crippen LogP contribution is 2.29. The summed E-state index contributed by atoms with van der Waals surface area (Å²) in [6.07, 6.45) is 3.00. The Morgan fingerprint density at radius 2 is 1.64 bits per heavy atom. The van der Waals surface area contributed by atoms with E-state index in [4.69, 9.17) is 16.3 Å². The van der Waals surface area contributed by atoms with Crippen LogP contribution in [-0.4, -0.2) is 28.2 Å². The SMILES string of the molecule is O=C(COc1ccccc1-c1ccccc1)NNC(=O)c1cnn(Cc2ccccc2Cl)c1. The lowest BCUT2D eigenvalue weighted by atomic mass is 10.1. The molecule has 7 nitrogen and oxygen atoms in total. The first-order chi connectivity index (χ1) is 16.1. The first-order valence-electron chi connectivity index (χ1n) is 10.2. The lowest BCUT2D eigenvalue weighted by Crippen LogP contribution is -2.43. The number of benzene rings is 3. The van der Waals surface area contributed by atoms with Crippen molar-refractivity contribution in [2.75, 3.05) is 6.61 Å². The van der Waals surface area contributed by atoms with E-state index >= 15 is 0 Å². The number of para-hydroxylation sites is 1. The highest BCUT2D eigenvalue weighted by molar-refractivity contribution is 6.31. The van der Waals surface area contributed by atoms with Crippen LogP contribution in [0.2, 0.25) is 5.02 Å². The molecule has 1 heterocycles. The molecular formula is C25H21ClN4O3. The van der Waals surface area contributed by atoms with Gasteiger partial charge in [-0.2, -0.15) is 5.10 Å². The third-order valence-corrected chi connectivity index (χ3v) is 5.20. The van der Waals surface area contributed by atoms with E-state index in [9.17, 15) is 9.59 Å². The average molecular weight is 461 g/mol. The molecule has 33 heavy (non-hydrogen) atoms. The van der Waals surface area contributed by atoms with Gasteiger partial charge in [-0.15, -0.1) is 0 Å². The van der Waals surface area contributed by atoms with Crippen LogP contribution in [0.1, 0.15) is 15.9 Å². The number of hydrazine groups is 1. The molecule has 0 aliphatic heterocycles. The molecule has 8 heteroatoms. The van der Waals surface area contributed by atoms with Crippen LogP contribution in [0.25, 0.3) is 11.1 Å². The van der Waals surface area contributed by atoms with E-state index in [1.54, 1.807) is 23.0 Å². The van der Waals surface area contributed by atoms with Crippen LogP contribution in [0.4, 0.5) is 0 Å². The van der Waals surface area contributed by atoms with Crippen LogP contribution in [0, 0.1) is 0 Å². The molecule has 3 aromatic carbocycles. The highest BCUT2D eigenvalue weighted by atomic mass is 35.5. The van der Waals surface area contributed by atoms with E-state index < -0.39 is 11.8 Å². The van der Waals surface area contributed by atoms with Gasteiger partial charge in [0, 0.05) is 16.8 Å². The molecule has 0 atom stereocenters. The van der Waals surface area contributed by atoms with Gasteiger partial charge >= 0.3 is 0 Å². The van der Waals surface area contributed by atoms with Gasteiger partial charge in [-0.05, 0) is 23.3 Å². The van der Waals surface area contributed by atoms with Crippen LogP contribution in [0.5, 0.6) is 5.75 Å². The maximum atomic E-state index is 12.3. The molecule has 0 fully saturated rings. The summed E-state index contributed by atoms with van der Waals surface area (Å²) in [5, 5.41) is 4.80. The van der Waals surface area contributed by atoms with Gasteiger partial charge in [0.15, 0.2) is 6.61 Å². The summed E-state index contributed by atoms with van der Waals surface area (Å²) in [6, 6.07) is 24.6. The summed E-state index contributed by atoms with van der Waals surface area (Å²) < 4.78 is 7.28. The number of amides is 2. The largest absolute Gasteiger partial charge is 0.483 e. The van der Waals surface area contributed by atoms with Crippen molar-refractivity contribution in [3.63, 3.8) is 0 Å². The molecule has 4 aromatic rings. The van der Waals surface area contributed by atoms with Gasteiger partial charge in [0.05, 0.1) is 18.3 Å². The number of ether oxygens (including phenoxy) is 1. The third kappa shape index (κ3) is 5.78. The summed E-state index contributed by atoms with van der Waals surface area (Å²) in [4.78, 5) is 24.5. The molecule has 2 N–H and O–H groups in total. The Morgan fingerprint density at radius 1 is 0.909 bits per heavy atom. The second kappa shape index (κ2) is 10.5. The average Bonchev–Trinajstić information content (AvgIpc) is 3.32. The fourth-order valence-corrected chi connectivity index (χ4v) is 3.39. The molecule has 4 rings (SSSR count). The zero-order chi connectivity index (χ0) is 23.0. The highest BCUT2D eigenvalue weighted by Gasteiger charge is 2.12. The van der Waals surface area contributed by atoms with E-state index in [0.29, 0.717) is 22.9 Å². The number of carbonyl (C=O) groups is 2. The Morgan fingerprint density at radius 3 is 2.45 bits per heavy atom. The minimum Gasteiger partial charge on any atom is -0.483 e. The van der Waals surface area contributed by atoms with Crippen molar-refractivity contribution in [3.8, 4) is 16.9 Å². The number of nitrogens with one attached hydrogen (secondary N) is 2. The summed E-state index contributed by atoms with van der Waals surface area (Å²) in [7, 11) is 0. The van der Waals surface area contributed by atoms with E-state index in [1.165, 1.54) is 6.20 Å². The van der Waals surface area contributed by atoms with E-state index in [2.05, 4.69) is 16.0 Å². The standard InChI is InChI=1S/C25H21ClN4O3/c26-22-12-6-4-10-19(22)15-30-16-20(14-27-30)25(32)29-28-24(31)17-33-23-13-7-5-11-21(23)18-8-2-1-3-9-18/h1-14,16H,15,17H2,(H,28,31)(H,29,32). The maximum absolute atomic E-state index is 12.3. The Labute approximate surface area is 195 Å². The van der Waals surface area contributed by atoms with E-state index in [0.717, 1.165) is 16.7 Å². The summed E-state index contributed by atoms with van der Waals surface area (Å²) in [5.41, 5.74) is 7.77. The lowest BCUT2D eigenvalue weighted by molar-refractivity contribution is -0.123. The predicted molar refractivity (Wildman–Crippen MR) is 126 cm³/mol. The first-order valence-corrected chi connectivity index (χ1v) is 10.6. The summed E-state index contributed by atoms with van der Waals surface area (Å²) >= 11 is 6.17. The fourth-order valence-electron chi connectivity index (χ4n) is 3.20. The van der Waals surface area contributed by atoms with Crippen molar-refractivity contribution in [2.45, 2.75) is 6.54 Å². The molecule has 0 aliphatic rings. The second-order valence-electron chi connectivity index (χ2n) is 7.17. The molecule has 0 bridgehead atoms. The molecule has 0 radical (unpaired) electrons. The smallest absolute Gasteiger partial charge is 0.276 e. The molecule has 0 unspecified atom stereocenters. The molecule has 166 valence electrons. The number of aromatic nitrogens is 2. The number of carbonyl (C=O) groups excluding carboxylic acids is 2. The lowest BCUT2D eigenvalue weighted by Gasteiger charge is -2.12. The molecule has 0 aliphatic carbocycles. The molecular weight excluding hydrogens is 440 g/mol. The Balaban J connectivity index is 1.29. The van der Waals surface area contributed by atoms with Crippen LogP contribution in [0.3, 0.4) is 0 Å². The topological polar surface area (TPSA) is 85.2 Å². The number of halogens is 1. The molecule has 0 saturated carbocycles. The van der Waals surface area contributed by atoms with Gasteiger partial charge in [0.1, 0.15) is 5.75 Å². The normalized spacial score (nSPS) is 10.5. The van der Waals surface area contributed by atoms with Crippen molar-refractivity contribution in [1.82, 2.24) is 20.6 Å². The molecule has 1 aromatic heterocycles. The maximum Gasteiger partial charge on any atom is 0.276 e. The minimum absolute atomic E-state index is 0.254. The van der Waals surface area contributed by atoms with Crippen molar-refractivity contribution in [3.05, 3.63) is 107 Å². The van der Waals surface area contributed by atoms with Crippen molar-refractivity contribution in [1.29, 1.82) is 0 Å². The van der Waals surface area contributed by atoms with Crippen LogP contribution in [0.15, 0.2) is 91.3 Å².